The van der Waals surface area contributed by atoms with Gasteiger partial charge in [0.2, 0.25) is 0 Å². The van der Waals surface area contributed by atoms with Crippen LogP contribution in [0.5, 0.6) is 5.75 Å². The smallest absolute Gasteiger partial charge is 0.387 e. The molecule has 24 heavy (non-hydrogen) atoms. The number of carbonyl (C=O) groups is 1. The van der Waals surface area contributed by atoms with Crippen LogP contribution in [-0.2, 0) is 0 Å². The molecule has 4 nitrogen and oxygen atoms in total. The van der Waals surface area contributed by atoms with Crippen molar-refractivity contribution in [2.45, 2.75) is 51.2 Å². The molecule has 0 bridgehead atoms. The summed E-state index contributed by atoms with van der Waals surface area (Å²) in [7, 11) is 0. The number of carbonyl (C=O) groups excluding carboxylic acids is 1. The van der Waals surface area contributed by atoms with Crippen LogP contribution in [0.1, 0.15) is 48.9 Å². The summed E-state index contributed by atoms with van der Waals surface area (Å²) in [5, 5.41) is 6.31. The maximum absolute atomic E-state index is 12.1. The molecular weight excluding hydrogens is 338 g/mol. The van der Waals surface area contributed by atoms with Gasteiger partial charge in [-0.05, 0) is 37.1 Å². The molecule has 0 unspecified atom stereocenters. The highest BCUT2D eigenvalue weighted by atomic mass is 35.5. The van der Waals surface area contributed by atoms with Gasteiger partial charge >= 0.3 is 6.61 Å². The number of hydrogen-bond acceptors (Lipinski definition) is 3. The summed E-state index contributed by atoms with van der Waals surface area (Å²) in [6.45, 7) is -1.57. The lowest BCUT2D eigenvalue weighted by Gasteiger charge is -2.16. The van der Waals surface area contributed by atoms with Crippen molar-refractivity contribution in [3.8, 4) is 5.75 Å². The van der Waals surface area contributed by atoms with E-state index in [0.29, 0.717) is 18.2 Å². The van der Waals surface area contributed by atoms with Crippen LogP contribution in [0.15, 0.2) is 24.3 Å². The van der Waals surface area contributed by atoms with Gasteiger partial charge in [-0.1, -0.05) is 25.7 Å². The van der Waals surface area contributed by atoms with E-state index >= 15 is 0 Å². The number of rotatable bonds is 7. The SMILES string of the molecule is Cl.O=C(NCCNC1CCCCCC1)c1ccc(OC(F)F)cc1. The van der Waals surface area contributed by atoms with Gasteiger partial charge < -0.3 is 15.4 Å². The van der Waals surface area contributed by atoms with Gasteiger partial charge in [0.05, 0.1) is 0 Å². The van der Waals surface area contributed by atoms with E-state index < -0.39 is 6.61 Å². The zero-order valence-electron chi connectivity index (χ0n) is 13.6. The highest BCUT2D eigenvalue weighted by molar-refractivity contribution is 5.94. The number of nitrogens with one attached hydrogen (secondary N) is 2. The van der Waals surface area contributed by atoms with Crippen molar-refractivity contribution in [1.82, 2.24) is 10.6 Å². The van der Waals surface area contributed by atoms with Crippen LogP contribution in [0.3, 0.4) is 0 Å². The van der Waals surface area contributed by atoms with E-state index in [2.05, 4.69) is 15.4 Å². The summed E-state index contributed by atoms with van der Waals surface area (Å²) in [4.78, 5) is 12.0. The fourth-order valence-electron chi connectivity index (χ4n) is 2.83. The molecule has 1 aromatic carbocycles. The van der Waals surface area contributed by atoms with Crippen molar-refractivity contribution in [2.24, 2.45) is 0 Å². The first-order chi connectivity index (χ1) is 11.1. The van der Waals surface area contributed by atoms with Gasteiger partial charge in [-0.25, -0.2) is 0 Å². The van der Waals surface area contributed by atoms with Crippen LogP contribution >= 0.6 is 12.4 Å². The summed E-state index contributed by atoms with van der Waals surface area (Å²) in [6, 6.07) is 6.24. The first-order valence-corrected chi connectivity index (χ1v) is 8.21. The van der Waals surface area contributed by atoms with Gasteiger partial charge in [-0.2, -0.15) is 8.78 Å². The Labute approximate surface area is 147 Å². The number of alkyl halides is 2. The summed E-state index contributed by atoms with van der Waals surface area (Å²) in [6.07, 6.45) is 7.60. The van der Waals surface area contributed by atoms with Crippen LogP contribution in [0.4, 0.5) is 8.78 Å². The van der Waals surface area contributed by atoms with Crippen molar-refractivity contribution in [2.75, 3.05) is 13.1 Å². The van der Waals surface area contributed by atoms with E-state index in [1.54, 1.807) is 0 Å². The van der Waals surface area contributed by atoms with E-state index in [9.17, 15) is 13.6 Å². The predicted molar refractivity (Wildman–Crippen MR) is 92.1 cm³/mol. The van der Waals surface area contributed by atoms with E-state index in [4.69, 9.17) is 0 Å². The van der Waals surface area contributed by atoms with E-state index in [1.807, 2.05) is 0 Å². The lowest BCUT2D eigenvalue weighted by Crippen LogP contribution is -2.36. The lowest BCUT2D eigenvalue weighted by molar-refractivity contribution is -0.0498. The summed E-state index contributed by atoms with van der Waals surface area (Å²) >= 11 is 0. The first kappa shape index (κ1) is 20.6. The Morgan fingerprint density at radius 2 is 1.71 bits per heavy atom. The minimum Gasteiger partial charge on any atom is -0.435 e. The first-order valence-electron chi connectivity index (χ1n) is 8.21. The minimum absolute atomic E-state index is 0. The predicted octanol–water partition coefficient (Wildman–Crippen LogP) is 3.75. The van der Waals surface area contributed by atoms with Crippen LogP contribution in [-0.4, -0.2) is 31.7 Å². The molecule has 0 spiro atoms. The zero-order valence-corrected chi connectivity index (χ0v) is 14.4. The molecule has 0 radical (unpaired) electrons. The summed E-state index contributed by atoms with van der Waals surface area (Å²) < 4.78 is 28.4. The Balaban J connectivity index is 0.00000288. The Hall–Kier alpha value is -1.40. The molecular formula is C17H25ClF2N2O2. The van der Waals surface area contributed by atoms with Gasteiger partial charge in [0, 0.05) is 24.7 Å². The molecule has 136 valence electrons. The third-order valence-electron chi connectivity index (χ3n) is 4.04. The van der Waals surface area contributed by atoms with Crippen LogP contribution in [0.25, 0.3) is 0 Å². The highest BCUT2D eigenvalue weighted by Gasteiger charge is 2.11. The number of ether oxygens (including phenoxy) is 1. The molecule has 1 aliphatic rings. The monoisotopic (exact) mass is 362 g/mol. The fraction of sp³-hybridized carbons (Fsp3) is 0.588. The molecule has 7 heteroatoms. The van der Waals surface area contributed by atoms with Crippen molar-refractivity contribution < 1.29 is 18.3 Å². The van der Waals surface area contributed by atoms with Gasteiger partial charge in [0.15, 0.2) is 0 Å². The molecule has 2 rings (SSSR count). The summed E-state index contributed by atoms with van der Waals surface area (Å²) in [5.41, 5.74) is 0.432. The molecule has 1 aliphatic carbocycles. The van der Waals surface area contributed by atoms with Crippen LogP contribution in [0.2, 0.25) is 0 Å². The van der Waals surface area contributed by atoms with Crippen molar-refractivity contribution >= 4 is 18.3 Å². The Bertz CT molecular complexity index is 478. The molecule has 0 atom stereocenters. The number of hydrogen-bond donors (Lipinski definition) is 2. The minimum atomic E-state index is -2.86. The second-order valence-corrected chi connectivity index (χ2v) is 5.80. The van der Waals surface area contributed by atoms with Gasteiger partial charge in [0.1, 0.15) is 5.75 Å². The molecule has 1 fully saturated rings. The van der Waals surface area contributed by atoms with Gasteiger partial charge in [0.25, 0.3) is 5.91 Å². The van der Waals surface area contributed by atoms with Gasteiger partial charge in [-0.3, -0.25) is 4.79 Å². The zero-order chi connectivity index (χ0) is 16.5. The Morgan fingerprint density at radius 3 is 2.29 bits per heavy atom. The maximum Gasteiger partial charge on any atom is 0.387 e. The molecule has 0 saturated heterocycles. The molecule has 1 amide bonds. The number of halogens is 3. The van der Waals surface area contributed by atoms with E-state index in [-0.39, 0.29) is 24.1 Å². The average Bonchev–Trinajstić information content (AvgIpc) is 2.80. The van der Waals surface area contributed by atoms with Crippen molar-refractivity contribution in [3.63, 3.8) is 0 Å². The largest absolute Gasteiger partial charge is 0.435 e. The van der Waals surface area contributed by atoms with Crippen LogP contribution in [0, 0.1) is 0 Å². The van der Waals surface area contributed by atoms with Crippen LogP contribution < -0.4 is 15.4 Å². The fourth-order valence-corrected chi connectivity index (χ4v) is 2.83. The Kier molecular flexibility index (Phi) is 9.64. The molecule has 0 aromatic heterocycles. The molecule has 0 heterocycles. The molecule has 2 N–H and O–H groups in total. The van der Waals surface area contributed by atoms with E-state index in [0.717, 1.165) is 6.54 Å². The molecule has 1 aromatic rings. The normalized spacial score (nSPS) is 15.5. The molecule has 1 saturated carbocycles. The standard InChI is InChI=1S/C17H24F2N2O2.ClH/c18-17(19)23-15-9-7-13(8-10-15)16(22)21-12-11-20-14-5-3-1-2-4-6-14;/h7-10,14,17,20H,1-6,11-12H2,(H,21,22);1H. The third kappa shape index (κ3) is 7.45. The Morgan fingerprint density at radius 1 is 1.08 bits per heavy atom. The third-order valence-corrected chi connectivity index (χ3v) is 4.04. The number of benzene rings is 1. The quantitative estimate of drug-likeness (QED) is 0.573. The second-order valence-electron chi connectivity index (χ2n) is 5.80. The van der Waals surface area contributed by atoms with Crippen molar-refractivity contribution in [3.05, 3.63) is 29.8 Å². The lowest BCUT2D eigenvalue weighted by atomic mass is 10.1. The average molecular weight is 363 g/mol. The second kappa shape index (κ2) is 11.2. The van der Waals surface area contributed by atoms with Crippen molar-refractivity contribution in [1.29, 1.82) is 0 Å². The number of amides is 1. The summed E-state index contributed by atoms with van der Waals surface area (Å²) in [5.74, 6) is -0.164. The van der Waals surface area contributed by atoms with Gasteiger partial charge in [-0.15, -0.1) is 12.4 Å². The van der Waals surface area contributed by atoms with E-state index in [1.165, 1.54) is 62.8 Å². The maximum atomic E-state index is 12.1. The molecule has 0 aliphatic heterocycles. The highest BCUT2D eigenvalue weighted by Crippen LogP contribution is 2.17. The topological polar surface area (TPSA) is 50.4 Å².